The van der Waals surface area contributed by atoms with Gasteiger partial charge in [-0.1, -0.05) is 0 Å². The van der Waals surface area contributed by atoms with Crippen molar-refractivity contribution in [2.24, 2.45) is 0 Å². The van der Waals surface area contributed by atoms with Crippen molar-refractivity contribution in [1.29, 1.82) is 0 Å². The number of nitrogens with one attached hydrogen (secondary N) is 2. The second-order valence-corrected chi connectivity index (χ2v) is 8.97. The number of amides is 1. The summed E-state index contributed by atoms with van der Waals surface area (Å²) >= 11 is 5.81. The molecule has 1 aromatic carbocycles. The summed E-state index contributed by atoms with van der Waals surface area (Å²) in [5.74, 6) is -0.238. The van der Waals surface area contributed by atoms with Gasteiger partial charge in [0.2, 0.25) is 0 Å². The highest BCUT2D eigenvalue weighted by molar-refractivity contribution is 6.23. The monoisotopic (exact) mass is 479 g/mol. The Balaban J connectivity index is 1.28. The molecule has 1 aliphatic rings. The molecule has 0 bridgehead atoms. The Bertz CT molecular complexity index is 1420. The number of hydrogen-bond donors (Lipinski definition) is 2. The highest BCUT2D eigenvalue weighted by atomic mass is 35.5. The highest BCUT2D eigenvalue weighted by Gasteiger charge is 2.21. The minimum atomic E-state index is -0.238. The minimum Gasteiger partial charge on any atom is -0.386 e. The highest BCUT2D eigenvalue weighted by Crippen LogP contribution is 2.29. The first kappa shape index (κ1) is 22.2. The number of aromatic amines is 1. The summed E-state index contributed by atoms with van der Waals surface area (Å²) in [5, 5.41) is 3.20. The molecule has 0 unspecified atom stereocenters. The average Bonchev–Trinajstić information content (AvgIpc) is 3.34. The zero-order chi connectivity index (χ0) is 23.8. The first-order valence-electron chi connectivity index (χ1n) is 11.2. The van der Waals surface area contributed by atoms with Gasteiger partial charge in [0.05, 0.1) is 22.4 Å². The Kier molecular flexibility index (Phi) is 5.89. The van der Waals surface area contributed by atoms with Crippen LogP contribution in [0.3, 0.4) is 0 Å². The number of anilines is 2. The molecular formula is C24H26ClN7O2. The van der Waals surface area contributed by atoms with Crippen LogP contribution in [0.2, 0.25) is 0 Å². The quantitative estimate of drug-likeness (QED) is 0.428. The van der Waals surface area contributed by atoms with Gasteiger partial charge < -0.3 is 15.2 Å². The normalized spacial score (nSPS) is 14.6. The zero-order valence-electron chi connectivity index (χ0n) is 19.1. The van der Waals surface area contributed by atoms with Crippen LogP contribution in [0.25, 0.3) is 16.6 Å². The van der Waals surface area contributed by atoms with Crippen LogP contribution in [-0.2, 0) is 6.54 Å². The third-order valence-electron chi connectivity index (χ3n) is 6.31. The van der Waals surface area contributed by atoms with E-state index in [9.17, 15) is 9.59 Å². The van der Waals surface area contributed by atoms with Gasteiger partial charge >= 0.3 is 5.69 Å². The van der Waals surface area contributed by atoms with Crippen molar-refractivity contribution in [3.05, 3.63) is 70.4 Å². The van der Waals surface area contributed by atoms with Gasteiger partial charge in [-0.15, -0.1) is 0 Å². The van der Waals surface area contributed by atoms with E-state index < -0.39 is 0 Å². The van der Waals surface area contributed by atoms with Crippen molar-refractivity contribution in [3.8, 4) is 0 Å². The maximum absolute atomic E-state index is 12.3. The van der Waals surface area contributed by atoms with Gasteiger partial charge in [0, 0.05) is 76.6 Å². The first-order valence-corrected chi connectivity index (χ1v) is 11.5. The fraction of sp³-hybridized carbons (Fsp3) is 0.292. The Hall–Kier alpha value is -3.56. The van der Waals surface area contributed by atoms with Crippen molar-refractivity contribution in [1.82, 2.24) is 23.7 Å². The standard InChI is InChI=1S/C24H26ClN7O2/c1-26-18-13-17(23(33)29(2)25)5-6-20(18)31-10-8-30(9-11-31)15-16-12-19-22(27-14-16)21-4-3-7-32(21)24(34)28-19/h3-7,12-14,26H,8-11,15H2,1-2H3,(H,28,34). The number of halogens is 1. The predicted octanol–water partition coefficient (Wildman–Crippen LogP) is 2.77. The van der Waals surface area contributed by atoms with Crippen LogP contribution >= 0.6 is 11.8 Å². The number of carbonyl (C=O) groups excluding carboxylic acids is 1. The molecule has 0 spiro atoms. The van der Waals surface area contributed by atoms with Crippen LogP contribution in [0.5, 0.6) is 0 Å². The number of benzene rings is 1. The lowest BCUT2D eigenvalue weighted by Crippen LogP contribution is -2.46. The molecule has 9 nitrogen and oxygen atoms in total. The van der Waals surface area contributed by atoms with Crippen molar-refractivity contribution in [2.75, 3.05) is 50.5 Å². The van der Waals surface area contributed by atoms with Crippen LogP contribution in [0.4, 0.5) is 11.4 Å². The van der Waals surface area contributed by atoms with Gasteiger partial charge in [-0.2, -0.15) is 0 Å². The molecule has 5 rings (SSSR count). The van der Waals surface area contributed by atoms with E-state index in [0.717, 1.165) is 70.6 Å². The lowest BCUT2D eigenvalue weighted by molar-refractivity contribution is 0.0885. The number of nitrogens with zero attached hydrogens (tertiary/aromatic N) is 5. The maximum Gasteiger partial charge on any atom is 0.330 e. The van der Waals surface area contributed by atoms with Crippen molar-refractivity contribution >= 4 is 45.6 Å². The summed E-state index contributed by atoms with van der Waals surface area (Å²) < 4.78 is 2.63. The van der Waals surface area contributed by atoms with Crippen molar-refractivity contribution in [3.63, 3.8) is 0 Å². The molecule has 34 heavy (non-hydrogen) atoms. The summed E-state index contributed by atoms with van der Waals surface area (Å²) in [6, 6.07) is 11.4. The molecule has 1 saturated heterocycles. The van der Waals surface area contributed by atoms with E-state index in [4.69, 9.17) is 11.8 Å². The number of aromatic nitrogens is 3. The fourth-order valence-corrected chi connectivity index (χ4v) is 4.65. The van der Waals surface area contributed by atoms with Gasteiger partial charge in [0.15, 0.2) is 0 Å². The van der Waals surface area contributed by atoms with Crippen LogP contribution in [-0.4, -0.2) is 69.9 Å². The molecule has 10 heteroatoms. The van der Waals surface area contributed by atoms with Crippen LogP contribution in [0.15, 0.2) is 53.6 Å². The molecule has 4 heterocycles. The van der Waals surface area contributed by atoms with E-state index >= 15 is 0 Å². The second-order valence-electron chi connectivity index (χ2n) is 8.46. The molecule has 0 saturated carbocycles. The lowest BCUT2D eigenvalue weighted by atomic mass is 10.1. The smallest absolute Gasteiger partial charge is 0.330 e. The summed E-state index contributed by atoms with van der Waals surface area (Å²) in [5.41, 5.74) is 5.77. The number of hydrogen-bond acceptors (Lipinski definition) is 6. The first-order chi connectivity index (χ1) is 16.4. The Labute approximate surface area is 201 Å². The van der Waals surface area contributed by atoms with Crippen molar-refractivity contribution < 1.29 is 4.79 Å². The minimum absolute atomic E-state index is 0.161. The molecule has 1 aliphatic heterocycles. The van der Waals surface area contributed by atoms with E-state index in [1.807, 2.05) is 49.6 Å². The fourth-order valence-electron chi connectivity index (χ4n) is 4.55. The van der Waals surface area contributed by atoms with Crippen LogP contribution < -0.4 is 15.9 Å². The molecule has 2 N–H and O–H groups in total. The molecule has 176 valence electrons. The third kappa shape index (κ3) is 4.08. The summed E-state index contributed by atoms with van der Waals surface area (Å²) in [4.78, 5) is 36.8. The maximum atomic E-state index is 12.3. The van der Waals surface area contributed by atoms with E-state index in [0.29, 0.717) is 5.56 Å². The number of H-pyrrole nitrogens is 1. The average molecular weight is 480 g/mol. The number of piperazine rings is 1. The summed E-state index contributed by atoms with van der Waals surface area (Å²) in [6.07, 6.45) is 3.63. The number of carbonyl (C=O) groups is 1. The van der Waals surface area contributed by atoms with Gasteiger partial charge in [-0.25, -0.2) is 4.79 Å². The van der Waals surface area contributed by atoms with Crippen LogP contribution in [0, 0.1) is 0 Å². The molecule has 3 aromatic heterocycles. The van der Waals surface area contributed by atoms with E-state index in [2.05, 4.69) is 25.1 Å². The number of fused-ring (bicyclic) bond motifs is 3. The molecule has 0 atom stereocenters. The van der Waals surface area contributed by atoms with Gasteiger partial charge in [-0.3, -0.25) is 23.5 Å². The molecule has 1 fully saturated rings. The van der Waals surface area contributed by atoms with Crippen LogP contribution in [0.1, 0.15) is 15.9 Å². The van der Waals surface area contributed by atoms with Gasteiger partial charge in [-0.05, 0) is 42.0 Å². The van der Waals surface area contributed by atoms with E-state index in [1.165, 1.54) is 7.05 Å². The molecule has 1 amide bonds. The number of pyridine rings is 1. The molecular weight excluding hydrogens is 454 g/mol. The third-order valence-corrected chi connectivity index (χ3v) is 6.46. The second kappa shape index (κ2) is 9.00. The summed E-state index contributed by atoms with van der Waals surface area (Å²) in [6.45, 7) is 4.26. The molecule has 4 aromatic rings. The van der Waals surface area contributed by atoms with E-state index in [-0.39, 0.29) is 11.6 Å². The summed E-state index contributed by atoms with van der Waals surface area (Å²) in [7, 11) is 3.38. The topological polar surface area (TPSA) is 89.0 Å². The largest absolute Gasteiger partial charge is 0.386 e. The number of rotatable bonds is 5. The van der Waals surface area contributed by atoms with E-state index in [1.54, 1.807) is 10.6 Å². The van der Waals surface area contributed by atoms with Gasteiger partial charge in [0.1, 0.15) is 5.52 Å². The SMILES string of the molecule is CNc1cc(C(=O)N(C)Cl)ccc1N1CCN(Cc2cnc3c(c2)[nH]c(=O)n2cccc32)CC1. The predicted molar refractivity (Wildman–Crippen MR) is 135 cm³/mol. The Morgan fingerprint density at radius 2 is 2.00 bits per heavy atom. The Morgan fingerprint density at radius 1 is 1.21 bits per heavy atom. The van der Waals surface area contributed by atoms with Gasteiger partial charge in [0.25, 0.3) is 5.91 Å². The molecule has 0 aliphatic carbocycles. The lowest BCUT2D eigenvalue weighted by Gasteiger charge is -2.37. The van der Waals surface area contributed by atoms with Crippen molar-refractivity contribution in [2.45, 2.75) is 6.54 Å². The molecule has 0 radical (unpaired) electrons. The zero-order valence-corrected chi connectivity index (χ0v) is 19.8. The Morgan fingerprint density at radius 3 is 2.74 bits per heavy atom.